The van der Waals surface area contributed by atoms with E-state index < -0.39 is 12.3 Å². The molecule has 0 radical (unpaired) electrons. The molecule has 1 aliphatic heterocycles. The summed E-state index contributed by atoms with van der Waals surface area (Å²) in [4.78, 5) is 11.3. The van der Waals surface area contributed by atoms with E-state index in [0.29, 0.717) is 24.5 Å². The summed E-state index contributed by atoms with van der Waals surface area (Å²) in [5.41, 5.74) is 0.948. The fraction of sp³-hybridized carbons (Fsp3) is 0.471. The molecule has 0 aromatic heterocycles. The van der Waals surface area contributed by atoms with Gasteiger partial charge in [0, 0.05) is 30.1 Å². The topological polar surface area (TPSA) is 76.0 Å². The second-order valence-corrected chi connectivity index (χ2v) is 5.82. The van der Waals surface area contributed by atoms with Crippen molar-refractivity contribution in [3.05, 3.63) is 46.7 Å². The Kier molecular flexibility index (Phi) is 6.45. The van der Waals surface area contributed by atoms with Crippen molar-refractivity contribution in [3.63, 3.8) is 0 Å². The van der Waals surface area contributed by atoms with Crippen LogP contribution in [0.4, 0.5) is 0 Å². The van der Waals surface area contributed by atoms with Gasteiger partial charge in [0.15, 0.2) is 0 Å². The van der Waals surface area contributed by atoms with E-state index in [-0.39, 0.29) is 24.2 Å². The maximum atomic E-state index is 11.3. The Morgan fingerprint density at radius 1 is 1.35 bits per heavy atom. The van der Waals surface area contributed by atoms with Crippen LogP contribution in [0.15, 0.2) is 36.1 Å². The molecule has 3 atom stereocenters. The fourth-order valence-electron chi connectivity index (χ4n) is 2.82. The van der Waals surface area contributed by atoms with Gasteiger partial charge in [0.2, 0.25) is 12.0 Å². The summed E-state index contributed by atoms with van der Waals surface area (Å²) >= 11 is 5.94. The third kappa shape index (κ3) is 4.47. The zero-order valence-electron chi connectivity index (χ0n) is 12.9. The Labute approximate surface area is 140 Å². The number of aliphatic hydroxyl groups is 1. The lowest BCUT2D eigenvalue weighted by Gasteiger charge is -2.36. The van der Waals surface area contributed by atoms with Gasteiger partial charge in [-0.15, -0.1) is 0 Å². The molecule has 1 aliphatic rings. The van der Waals surface area contributed by atoms with Crippen molar-refractivity contribution in [1.82, 2.24) is 0 Å². The van der Waals surface area contributed by atoms with E-state index in [0.717, 1.165) is 5.56 Å². The van der Waals surface area contributed by atoms with Gasteiger partial charge in [-0.2, -0.15) is 0 Å². The van der Waals surface area contributed by atoms with Gasteiger partial charge in [-0.3, -0.25) is 0 Å². The number of ether oxygens (including phenoxy) is 2. The second-order valence-electron chi connectivity index (χ2n) is 5.38. The van der Waals surface area contributed by atoms with Crippen LogP contribution in [-0.2, 0) is 14.3 Å². The lowest BCUT2D eigenvalue weighted by Crippen LogP contribution is -2.36. The quantitative estimate of drug-likeness (QED) is 0.797. The molecule has 0 bridgehead atoms. The predicted molar refractivity (Wildman–Crippen MR) is 86.2 cm³/mol. The summed E-state index contributed by atoms with van der Waals surface area (Å²) in [7, 11) is 0. The van der Waals surface area contributed by atoms with Gasteiger partial charge in [-0.05, 0) is 43.5 Å². The summed E-state index contributed by atoms with van der Waals surface area (Å²) < 4.78 is 11.1. The maximum Gasteiger partial charge on any atom is 0.370 e. The first kappa shape index (κ1) is 17.8. The van der Waals surface area contributed by atoms with Gasteiger partial charge in [0.25, 0.3) is 0 Å². The van der Waals surface area contributed by atoms with Crippen LogP contribution in [-0.4, -0.2) is 35.7 Å². The normalized spacial score (nSPS) is 24.0. The molecule has 2 N–H and O–H groups in total. The molecule has 0 unspecified atom stereocenters. The molecule has 1 aromatic carbocycles. The van der Waals surface area contributed by atoms with Crippen LogP contribution in [0, 0.1) is 5.92 Å². The van der Waals surface area contributed by atoms with Crippen LogP contribution in [0.3, 0.4) is 0 Å². The molecule has 126 valence electrons. The second kappa shape index (κ2) is 8.34. The number of aliphatic carboxylic acids is 1. The van der Waals surface area contributed by atoms with Gasteiger partial charge in [0.05, 0.1) is 0 Å². The molecule has 0 aliphatic carbocycles. The number of benzene rings is 1. The van der Waals surface area contributed by atoms with Gasteiger partial charge < -0.3 is 19.7 Å². The minimum atomic E-state index is -1.12. The number of rotatable bonds is 7. The SMILES string of the molecule is CCO[C@H]1OC(C(=O)O)=C[C@@H](c2ccc(Cl)cc2)[C@@H]1CCCO. The summed E-state index contributed by atoms with van der Waals surface area (Å²) in [5, 5.41) is 19.0. The lowest BCUT2D eigenvalue weighted by molar-refractivity contribution is -0.173. The molecule has 0 spiro atoms. The Bertz CT molecular complexity index is 555. The molecule has 0 amide bonds. The molecule has 6 heteroatoms. The smallest absolute Gasteiger partial charge is 0.370 e. The monoisotopic (exact) mass is 340 g/mol. The van der Waals surface area contributed by atoms with Crippen LogP contribution >= 0.6 is 11.6 Å². The molecule has 0 fully saturated rings. The molecule has 0 saturated heterocycles. The standard InChI is InChI=1S/C17H21ClO5/c1-2-22-17-13(4-3-9-19)14(10-15(23-17)16(20)21)11-5-7-12(18)8-6-11/h5-8,10,13-14,17,19H,2-4,9H2,1H3,(H,20,21)/t13-,14-,17-/m0/s1. The Morgan fingerprint density at radius 3 is 2.61 bits per heavy atom. The Hall–Kier alpha value is -1.56. The van der Waals surface area contributed by atoms with Crippen molar-refractivity contribution in [3.8, 4) is 0 Å². The highest BCUT2D eigenvalue weighted by Crippen LogP contribution is 2.39. The van der Waals surface area contributed by atoms with Crippen LogP contribution < -0.4 is 0 Å². The third-order valence-electron chi connectivity index (χ3n) is 3.88. The summed E-state index contributed by atoms with van der Waals surface area (Å²) in [6.07, 6.45) is 2.22. The van der Waals surface area contributed by atoms with E-state index in [4.69, 9.17) is 26.2 Å². The minimum Gasteiger partial charge on any atom is -0.475 e. The van der Waals surface area contributed by atoms with Crippen LogP contribution in [0.5, 0.6) is 0 Å². The Morgan fingerprint density at radius 2 is 2.04 bits per heavy atom. The molecule has 2 rings (SSSR count). The zero-order chi connectivity index (χ0) is 16.8. The first-order chi connectivity index (χ1) is 11.1. The third-order valence-corrected chi connectivity index (χ3v) is 4.13. The summed E-state index contributed by atoms with van der Waals surface area (Å²) in [5.74, 6) is -1.47. The van der Waals surface area contributed by atoms with Gasteiger partial charge in [0.1, 0.15) is 0 Å². The maximum absolute atomic E-state index is 11.3. The Balaban J connectivity index is 2.38. The molecule has 0 saturated carbocycles. The summed E-state index contributed by atoms with van der Waals surface area (Å²) in [6, 6.07) is 7.31. The zero-order valence-corrected chi connectivity index (χ0v) is 13.7. The van der Waals surface area contributed by atoms with E-state index in [2.05, 4.69) is 0 Å². The number of carbonyl (C=O) groups is 1. The van der Waals surface area contributed by atoms with Crippen molar-refractivity contribution in [2.75, 3.05) is 13.2 Å². The van der Waals surface area contributed by atoms with Crippen LogP contribution in [0.2, 0.25) is 5.02 Å². The van der Waals surface area contributed by atoms with Crippen molar-refractivity contribution in [1.29, 1.82) is 0 Å². The number of aliphatic hydroxyl groups excluding tert-OH is 1. The van der Waals surface area contributed by atoms with Crippen molar-refractivity contribution in [2.45, 2.75) is 32.0 Å². The molecule has 23 heavy (non-hydrogen) atoms. The number of hydrogen-bond donors (Lipinski definition) is 2. The van der Waals surface area contributed by atoms with E-state index in [9.17, 15) is 9.90 Å². The highest BCUT2D eigenvalue weighted by molar-refractivity contribution is 6.30. The van der Waals surface area contributed by atoms with E-state index in [1.54, 1.807) is 18.2 Å². The van der Waals surface area contributed by atoms with Crippen molar-refractivity contribution >= 4 is 17.6 Å². The largest absolute Gasteiger partial charge is 0.475 e. The van der Waals surface area contributed by atoms with Crippen LogP contribution in [0.1, 0.15) is 31.2 Å². The predicted octanol–water partition coefficient (Wildman–Crippen LogP) is 3.17. The number of carboxylic acid groups (broad SMARTS) is 1. The number of carboxylic acids is 1. The van der Waals surface area contributed by atoms with Crippen molar-refractivity contribution < 1.29 is 24.5 Å². The van der Waals surface area contributed by atoms with E-state index in [1.807, 2.05) is 19.1 Å². The summed E-state index contributed by atoms with van der Waals surface area (Å²) in [6.45, 7) is 2.32. The van der Waals surface area contributed by atoms with Gasteiger partial charge in [-0.25, -0.2) is 4.79 Å². The number of hydrogen-bond acceptors (Lipinski definition) is 4. The van der Waals surface area contributed by atoms with Gasteiger partial charge >= 0.3 is 5.97 Å². The molecular formula is C17H21ClO5. The first-order valence-electron chi connectivity index (χ1n) is 7.66. The molecular weight excluding hydrogens is 320 g/mol. The fourth-order valence-corrected chi connectivity index (χ4v) is 2.95. The minimum absolute atomic E-state index is 0.0676. The van der Waals surface area contributed by atoms with E-state index in [1.165, 1.54) is 0 Å². The van der Waals surface area contributed by atoms with E-state index >= 15 is 0 Å². The first-order valence-corrected chi connectivity index (χ1v) is 8.04. The molecule has 5 nitrogen and oxygen atoms in total. The highest BCUT2D eigenvalue weighted by atomic mass is 35.5. The average molecular weight is 341 g/mol. The molecule has 1 heterocycles. The number of halogens is 1. The molecule has 1 aromatic rings. The highest BCUT2D eigenvalue weighted by Gasteiger charge is 2.37. The average Bonchev–Trinajstić information content (AvgIpc) is 2.54. The number of allylic oxidation sites excluding steroid dienone is 1. The lowest BCUT2D eigenvalue weighted by atomic mass is 9.80. The van der Waals surface area contributed by atoms with Crippen LogP contribution in [0.25, 0.3) is 0 Å². The van der Waals surface area contributed by atoms with Crippen molar-refractivity contribution in [2.24, 2.45) is 5.92 Å². The van der Waals surface area contributed by atoms with Gasteiger partial charge in [-0.1, -0.05) is 23.7 Å².